The summed E-state index contributed by atoms with van der Waals surface area (Å²) in [7, 11) is 0. The smallest absolute Gasteiger partial charge is 0.338 e. The van der Waals surface area contributed by atoms with Gasteiger partial charge in [-0.25, -0.2) is 0 Å². The van der Waals surface area contributed by atoms with Gasteiger partial charge in [-0.15, -0.1) is 0 Å². The lowest BCUT2D eigenvalue weighted by Gasteiger charge is -2.04. The molecule has 1 rings (SSSR count). The van der Waals surface area contributed by atoms with Gasteiger partial charge in [0.25, 0.3) is 0 Å². The van der Waals surface area contributed by atoms with Crippen LogP contribution in [-0.4, -0.2) is 24.9 Å². The van der Waals surface area contributed by atoms with Gasteiger partial charge in [0, 0.05) is 11.5 Å². The standard InChI is InChI=1S/C12H19N3OS/c1-2-16-11-5-3-10(4-6-11)9-17-8-7-15-12(13)14/h3-6H,2,7-9H2,1H3,(H4,13,14,15)/p+1. The van der Waals surface area contributed by atoms with E-state index in [1.54, 1.807) is 0 Å². The summed E-state index contributed by atoms with van der Waals surface area (Å²) in [5.74, 6) is 3.17. The first-order chi connectivity index (χ1) is 8.22. The van der Waals surface area contributed by atoms with E-state index in [9.17, 15) is 0 Å². The van der Waals surface area contributed by atoms with Gasteiger partial charge in [-0.2, -0.15) is 11.8 Å². The molecule has 0 amide bonds. The zero-order valence-electron chi connectivity index (χ0n) is 10.1. The van der Waals surface area contributed by atoms with Crippen LogP contribution in [0.5, 0.6) is 5.75 Å². The number of hydrogen-bond donors (Lipinski definition) is 3. The lowest BCUT2D eigenvalue weighted by molar-refractivity contribution is -0.453. The number of nitrogens with one attached hydrogen (secondary N) is 1. The molecule has 0 aliphatic rings. The molecule has 0 saturated heterocycles. The van der Waals surface area contributed by atoms with Crippen molar-refractivity contribution in [2.75, 3.05) is 18.9 Å². The molecule has 0 radical (unpaired) electrons. The van der Waals surface area contributed by atoms with Gasteiger partial charge in [0.05, 0.1) is 13.2 Å². The predicted octanol–water partition coefficient (Wildman–Crippen LogP) is -0.327. The van der Waals surface area contributed by atoms with Crippen molar-refractivity contribution < 1.29 is 9.73 Å². The zero-order valence-corrected chi connectivity index (χ0v) is 10.9. The van der Waals surface area contributed by atoms with Crippen LogP contribution in [0.4, 0.5) is 0 Å². The Kier molecular flexibility index (Phi) is 6.32. The van der Waals surface area contributed by atoms with Gasteiger partial charge >= 0.3 is 5.96 Å². The number of rotatable bonds is 7. The van der Waals surface area contributed by atoms with Crippen molar-refractivity contribution in [2.24, 2.45) is 11.5 Å². The molecule has 0 aromatic heterocycles. The molecule has 17 heavy (non-hydrogen) atoms. The van der Waals surface area contributed by atoms with E-state index < -0.39 is 0 Å². The molecule has 1 aromatic carbocycles. The molecular weight excluding hydrogens is 234 g/mol. The monoisotopic (exact) mass is 254 g/mol. The van der Waals surface area contributed by atoms with Crippen LogP contribution in [0.25, 0.3) is 0 Å². The number of ether oxygens (including phenoxy) is 1. The Balaban J connectivity index is 2.25. The van der Waals surface area contributed by atoms with Crippen LogP contribution in [0.2, 0.25) is 0 Å². The fourth-order valence-electron chi connectivity index (χ4n) is 1.31. The lowest BCUT2D eigenvalue weighted by atomic mass is 10.2. The van der Waals surface area contributed by atoms with Crippen molar-refractivity contribution in [2.45, 2.75) is 12.7 Å². The molecule has 5 N–H and O–H groups in total. The van der Waals surface area contributed by atoms with Crippen LogP contribution in [0.3, 0.4) is 0 Å². The quantitative estimate of drug-likeness (QED) is 0.354. The first-order valence-corrected chi connectivity index (χ1v) is 6.79. The molecule has 0 fully saturated rings. The number of nitrogens with two attached hydrogens (primary N) is 2. The van der Waals surface area contributed by atoms with Gasteiger partial charge in [0.15, 0.2) is 0 Å². The van der Waals surface area contributed by atoms with E-state index in [4.69, 9.17) is 16.2 Å². The van der Waals surface area contributed by atoms with Gasteiger partial charge in [-0.05, 0) is 24.6 Å². The number of thioether (sulfide) groups is 1. The van der Waals surface area contributed by atoms with Crippen molar-refractivity contribution >= 4 is 17.7 Å². The normalized spacial score (nSPS) is 9.94. The van der Waals surface area contributed by atoms with E-state index >= 15 is 0 Å². The Morgan fingerprint density at radius 1 is 1.29 bits per heavy atom. The summed E-state index contributed by atoms with van der Waals surface area (Å²) < 4.78 is 5.38. The van der Waals surface area contributed by atoms with Crippen LogP contribution < -0.4 is 21.2 Å². The van der Waals surface area contributed by atoms with Crippen molar-refractivity contribution in [3.63, 3.8) is 0 Å². The van der Waals surface area contributed by atoms with E-state index in [0.717, 1.165) is 23.8 Å². The summed E-state index contributed by atoms with van der Waals surface area (Å²) in [6.45, 7) is 3.48. The number of hydrogen-bond acceptors (Lipinski definition) is 2. The van der Waals surface area contributed by atoms with Crippen LogP contribution in [-0.2, 0) is 5.75 Å². The van der Waals surface area contributed by atoms with Gasteiger partial charge < -0.3 is 4.74 Å². The van der Waals surface area contributed by atoms with Crippen molar-refractivity contribution in [3.8, 4) is 5.75 Å². The van der Waals surface area contributed by atoms with Gasteiger partial charge in [0.2, 0.25) is 0 Å². The molecule has 0 aliphatic heterocycles. The maximum Gasteiger partial charge on any atom is 0.338 e. The number of guanidine groups is 1. The Morgan fingerprint density at radius 3 is 2.59 bits per heavy atom. The van der Waals surface area contributed by atoms with E-state index in [1.165, 1.54) is 5.56 Å². The molecular formula is C12H20N3OS+. The molecule has 0 heterocycles. The Morgan fingerprint density at radius 2 is 2.00 bits per heavy atom. The highest BCUT2D eigenvalue weighted by Crippen LogP contribution is 2.16. The topological polar surface area (TPSA) is 75.2 Å². The second kappa shape index (κ2) is 7.84. The highest BCUT2D eigenvalue weighted by molar-refractivity contribution is 7.98. The third-order valence-electron chi connectivity index (χ3n) is 2.08. The van der Waals surface area contributed by atoms with Crippen LogP contribution in [0, 0.1) is 0 Å². The molecule has 0 saturated carbocycles. The minimum absolute atomic E-state index is 0.284. The zero-order chi connectivity index (χ0) is 12.5. The third-order valence-corrected chi connectivity index (χ3v) is 3.11. The first-order valence-electron chi connectivity index (χ1n) is 5.63. The minimum Gasteiger partial charge on any atom is -0.494 e. The van der Waals surface area contributed by atoms with Crippen LogP contribution >= 0.6 is 11.8 Å². The van der Waals surface area contributed by atoms with Crippen molar-refractivity contribution in [3.05, 3.63) is 29.8 Å². The lowest BCUT2D eigenvalue weighted by Crippen LogP contribution is -2.78. The second-order valence-electron chi connectivity index (χ2n) is 3.51. The van der Waals surface area contributed by atoms with Crippen LogP contribution in [0.1, 0.15) is 12.5 Å². The SMILES string of the molecule is CCOc1ccc(CSCC[NH+]=C(N)N)cc1. The average molecular weight is 254 g/mol. The molecule has 94 valence electrons. The minimum atomic E-state index is 0.284. The largest absolute Gasteiger partial charge is 0.494 e. The molecule has 0 bridgehead atoms. The average Bonchev–Trinajstić information content (AvgIpc) is 2.31. The fraction of sp³-hybridized carbons (Fsp3) is 0.417. The molecule has 0 unspecified atom stereocenters. The van der Waals surface area contributed by atoms with Gasteiger partial charge in [-0.3, -0.25) is 16.5 Å². The third kappa shape index (κ3) is 6.06. The summed E-state index contributed by atoms with van der Waals surface area (Å²) in [6.07, 6.45) is 0. The highest BCUT2D eigenvalue weighted by Gasteiger charge is 1.96. The summed E-state index contributed by atoms with van der Waals surface area (Å²) in [5.41, 5.74) is 11.9. The van der Waals surface area contributed by atoms with Crippen molar-refractivity contribution in [1.29, 1.82) is 0 Å². The molecule has 5 heteroatoms. The van der Waals surface area contributed by atoms with E-state index in [2.05, 4.69) is 17.1 Å². The maximum atomic E-state index is 5.38. The van der Waals surface area contributed by atoms with Crippen LogP contribution in [0.15, 0.2) is 24.3 Å². The Labute approximate surface area is 106 Å². The summed E-state index contributed by atoms with van der Waals surface area (Å²) in [6, 6.07) is 8.19. The van der Waals surface area contributed by atoms with E-state index in [0.29, 0.717) is 6.61 Å². The number of benzene rings is 1. The molecule has 0 aliphatic carbocycles. The van der Waals surface area contributed by atoms with Crippen molar-refractivity contribution in [1.82, 2.24) is 0 Å². The molecule has 0 atom stereocenters. The first kappa shape index (κ1) is 13.7. The summed E-state index contributed by atoms with van der Waals surface area (Å²) in [5, 5.41) is 0. The predicted molar refractivity (Wildman–Crippen MR) is 73.0 cm³/mol. The van der Waals surface area contributed by atoms with Gasteiger partial charge in [-0.1, -0.05) is 12.1 Å². The second-order valence-corrected chi connectivity index (χ2v) is 4.62. The fourth-order valence-corrected chi connectivity index (χ4v) is 2.13. The molecule has 1 aromatic rings. The van der Waals surface area contributed by atoms with Gasteiger partial charge in [0.1, 0.15) is 5.75 Å². The Bertz CT molecular complexity index is 347. The Hall–Kier alpha value is -1.36. The highest BCUT2D eigenvalue weighted by atomic mass is 32.2. The summed E-state index contributed by atoms with van der Waals surface area (Å²) >= 11 is 1.84. The van der Waals surface area contributed by atoms with E-state index in [-0.39, 0.29) is 5.96 Å². The molecule has 0 spiro atoms. The summed E-state index contributed by atoms with van der Waals surface area (Å²) in [4.78, 5) is 2.89. The van der Waals surface area contributed by atoms with E-state index in [1.807, 2.05) is 30.8 Å². The maximum absolute atomic E-state index is 5.38. The molecule has 4 nitrogen and oxygen atoms in total.